The molecule has 0 bridgehead atoms. The van der Waals surface area contributed by atoms with Crippen molar-refractivity contribution in [2.45, 2.75) is 32.7 Å². The maximum atomic E-state index is 11.3. The lowest BCUT2D eigenvalue weighted by molar-refractivity contribution is -0.138. The highest BCUT2D eigenvalue weighted by Crippen LogP contribution is 2.30. The van der Waals surface area contributed by atoms with Crippen LogP contribution in [-0.4, -0.2) is 30.8 Å². The van der Waals surface area contributed by atoms with E-state index in [0.29, 0.717) is 23.7 Å². The number of methoxy groups -OCH3 is 1. The molecular weight excluding hydrogens is 266 g/mol. The summed E-state index contributed by atoms with van der Waals surface area (Å²) in [7, 11) is 1.55. The minimum Gasteiger partial charge on any atom is -0.495 e. The predicted octanol–water partition coefficient (Wildman–Crippen LogP) is 3.43. The van der Waals surface area contributed by atoms with Gasteiger partial charge in [-0.25, -0.2) is 4.79 Å². The minimum absolute atomic E-state index is 0.487. The lowest BCUT2D eigenvalue weighted by atomic mass is 10.1. The van der Waals surface area contributed by atoms with Crippen molar-refractivity contribution >= 4 is 23.3 Å². The summed E-state index contributed by atoms with van der Waals surface area (Å²) in [6.45, 7) is 4.56. The van der Waals surface area contributed by atoms with Crippen molar-refractivity contribution in [3.05, 3.63) is 23.2 Å². The number of carbonyl (C=O) groups is 1. The van der Waals surface area contributed by atoms with Crippen LogP contribution >= 0.6 is 11.6 Å². The number of carboxylic acids is 1. The van der Waals surface area contributed by atoms with Crippen molar-refractivity contribution in [2.24, 2.45) is 0 Å². The van der Waals surface area contributed by atoms with Gasteiger partial charge in [0.15, 0.2) is 0 Å². The lowest BCUT2D eigenvalue weighted by Gasteiger charge is -2.30. The van der Waals surface area contributed by atoms with Crippen LogP contribution in [0, 0.1) is 0 Å². The first-order chi connectivity index (χ1) is 9.04. The standard InChI is InChI=1S/C14H20ClNO3/c1-4-8-16(12(5-2)14(17)18)10-6-7-13(19-3)11(15)9-10/h6-7,9,12H,4-5,8H2,1-3H3,(H,17,18). The number of carboxylic acid groups (broad SMARTS) is 1. The maximum absolute atomic E-state index is 11.3. The Morgan fingerprint density at radius 1 is 1.47 bits per heavy atom. The Balaban J connectivity index is 3.11. The summed E-state index contributed by atoms with van der Waals surface area (Å²) in [6, 6.07) is 4.81. The predicted molar refractivity (Wildman–Crippen MR) is 77.4 cm³/mol. The molecule has 1 rings (SSSR count). The van der Waals surface area contributed by atoms with Crippen LogP contribution in [0.2, 0.25) is 5.02 Å². The zero-order valence-electron chi connectivity index (χ0n) is 11.5. The molecule has 0 aromatic heterocycles. The summed E-state index contributed by atoms with van der Waals surface area (Å²) in [5, 5.41) is 9.79. The average molecular weight is 286 g/mol. The molecule has 0 aliphatic carbocycles. The van der Waals surface area contributed by atoms with E-state index in [0.717, 1.165) is 12.1 Å². The first-order valence-corrected chi connectivity index (χ1v) is 6.75. The molecule has 0 heterocycles. The molecule has 1 atom stereocenters. The largest absolute Gasteiger partial charge is 0.495 e. The molecule has 4 nitrogen and oxygen atoms in total. The Morgan fingerprint density at radius 3 is 2.58 bits per heavy atom. The number of ether oxygens (including phenoxy) is 1. The van der Waals surface area contributed by atoms with Crippen LogP contribution in [0.3, 0.4) is 0 Å². The van der Waals surface area contributed by atoms with Gasteiger partial charge in [0.25, 0.3) is 0 Å². The summed E-state index contributed by atoms with van der Waals surface area (Å²) in [5.41, 5.74) is 0.807. The van der Waals surface area contributed by atoms with Gasteiger partial charge in [0.2, 0.25) is 0 Å². The Kier molecular flexibility index (Phi) is 5.96. The Bertz CT molecular complexity index is 437. The maximum Gasteiger partial charge on any atom is 0.326 e. The number of hydrogen-bond acceptors (Lipinski definition) is 3. The molecule has 0 amide bonds. The van der Waals surface area contributed by atoms with Gasteiger partial charge in [-0.3, -0.25) is 0 Å². The summed E-state index contributed by atoms with van der Waals surface area (Å²) < 4.78 is 5.11. The van der Waals surface area contributed by atoms with Crippen molar-refractivity contribution < 1.29 is 14.6 Å². The third kappa shape index (κ3) is 3.77. The molecule has 1 aromatic carbocycles. The third-order valence-corrected chi connectivity index (χ3v) is 3.27. The van der Waals surface area contributed by atoms with Gasteiger partial charge in [-0.2, -0.15) is 0 Å². The van der Waals surface area contributed by atoms with Crippen LogP contribution in [0.25, 0.3) is 0 Å². The quantitative estimate of drug-likeness (QED) is 0.834. The Morgan fingerprint density at radius 2 is 2.16 bits per heavy atom. The number of rotatable bonds is 7. The van der Waals surface area contributed by atoms with Gasteiger partial charge >= 0.3 is 5.97 Å². The zero-order valence-corrected chi connectivity index (χ0v) is 12.3. The molecule has 0 saturated carbocycles. The number of halogens is 1. The van der Waals surface area contributed by atoms with Gasteiger partial charge in [0.1, 0.15) is 11.8 Å². The fourth-order valence-electron chi connectivity index (χ4n) is 2.07. The van der Waals surface area contributed by atoms with E-state index in [1.54, 1.807) is 19.2 Å². The highest BCUT2D eigenvalue weighted by Gasteiger charge is 2.23. The Labute approximate surface area is 118 Å². The summed E-state index contributed by atoms with van der Waals surface area (Å²) in [4.78, 5) is 13.2. The van der Waals surface area contributed by atoms with Crippen LogP contribution in [0.5, 0.6) is 5.75 Å². The van der Waals surface area contributed by atoms with Crippen LogP contribution in [-0.2, 0) is 4.79 Å². The second kappa shape index (κ2) is 7.24. The minimum atomic E-state index is -0.817. The first kappa shape index (κ1) is 15.6. The van der Waals surface area contributed by atoms with E-state index in [-0.39, 0.29) is 0 Å². The van der Waals surface area contributed by atoms with Crippen molar-refractivity contribution in [3.8, 4) is 5.75 Å². The van der Waals surface area contributed by atoms with Gasteiger partial charge < -0.3 is 14.7 Å². The van der Waals surface area contributed by atoms with Crippen LogP contribution < -0.4 is 9.64 Å². The molecule has 1 unspecified atom stereocenters. The fourth-order valence-corrected chi connectivity index (χ4v) is 2.32. The molecular formula is C14H20ClNO3. The number of nitrogens with zero attached hydrogens (tertiary/aromatic N) is 1. The van der Waals surface area contributed by atoms with Crippen molar-refractivity contribution in [1.82, 2.24) is 0 Å². The van der Waals surface area contributed by atoms with E-state index in [4.69, 9.17) is 16.3 Å². The third-order valence-electron chi connectivity index (χ3n) is 2.98. The van der Waals surface area contributed by atoms with E-state index in [1.165, 1.54) is 0 Å². The van der Waals surface area contributed by atoms with E-state index in [2.05, 4.69) is 0 Å². The molecule has 1 aromatic rings. The number of hydrogen-bond donors (Lipinski definition) is 1. The number of aliphatic carboxylic acids is 1. The van der Waals surface area contributed by atoms with Crippen molar-refractivity contribution in [1.29, 1.82) is 0 Å². The summed E-state index contributed by atoms with van der Waals surface area (Å²) in [5.74, 6) is -0.229. The summed E-state index contributed by atoms with van der Waals surface area (Å²) in [6.07, 6.45) is 1.41. The van der Waals surface area contributed by atoms with Crippen molar-refractivity contribution in [2.75, 3.05) is 18.6 Å². The van der Waals surface area contributed by atoms with Crippen LogP contribution in [0.4, 0.5) is 5.69 Å². The number of anilines is 1. The summed E-state index contributed by atoms with van der Waals surface area (Å²) >= 11 is 6.10. The van der Waals surface area contributed by atoms with Gasteiger partial charge in [-0.15, -0.1) is 0 Å². The molecule has 0 spiro atoms. The topological polar surface area (TPSA) is 49.8 Å². The Hall–Kier alpha value is -1.42. The SMILES string of the molecule is CCCN(c1ccc(OC)c(Cl)c1)C(CC)C(=O)O. The van der Waals surface area contributed by atoms with Gasteiger partial charge in [0.05, 0.1) is 12.1 Å². The first-order valence-electron chi connectivity index (χ1n) is 6.38. The molecule has 1 N–H and O–H groups in total. The van der Waals surface area contributed by atoms with E-state index < -0.39 is 12.0 Å². The molecule has 19 heavy (non-hydrogen) atoms. The zero-order chi connectivity index (χ0) is 14.4. The van der Waals surface area contributed by atoms with E-state index in [1.807, 2.05) is 24.8 Å². The monoisotopic (exact) mass is 285 g/mol. The fraction of sp³-hybridized carbons (Fsp3) is 0.500. The molecule has 0 radical (unpaired) electrons. The normalized spacial score (nSPS) is 12.0. The molecule has 5 heteroatoms. The molecule has 0 fully saturated rings. The van der Waals surface area contributed by atoms with Crippen LogP contribution in [0.15, 0.2) is 18.2 Å². The molecule has 106 valence electrons. The highest BCUT2D eigenvalue weighted by atomic mass is 35.5. The van der Waals surface area contributed by atoms with Crippen molar-refractivity contribution in [3.63, 3.8) is 0 Å². The van der Waals surface area contributed by atoms with Gasteiger partial charge in [0, 0.05) is 12.2 Å². The van der Waals surface area contributed by atoms with Gasteiger partial charge in [-0.1, -0.05) is 25.4 Å². The second-order valence-electron chi connectivity index (χ2n) is 4.27. The highest BCUT2D eigenvalue weighted by molar-refractivity contribution is 6.32. The molecule has 0 saturated heterocycles. The average Bonchev–Trinajstić information content (AvgIpc) is 2.38. The lowest BCUT2D eigenvalue weighted by Crippen LogP contribution is -2.41. The smallest absolute Gasteiger partial charge is 0.326 e. The number of benzene rings is 1. The van der Waals surface area contributed by atoms with Crippen LogP contribution in [0.1, 0.15) is 26.7 Å². The molecule has 0 aliphatic rings. The second-order valence-corrected chi connectivity index (χ2v) is 4.68. The van der Waals surface area contributed by atoms with Gasteiger partial charge in [-0.05, 0) is 31.0 Å². The van der Waals surface area contributed by atoms with E-state index in [9.17, 15) is 9.90 Å². The molecule has 0 aliphatic heterocycles. The van der Waals surface area contributed by atoms with E-state index >= 15 is 0 Å².